The molecule has 2 heteroatoms. The first-order valence-corrected chi connectivity index (χ1v) is 7.46. The summed E-state index contributed by atoms with van der Waals surface area (Å²) in [6.45, 7) is 0. The van der Waals surface area contributed by atoms with E-state index in [1.807, 2.05) is 0 Å². The number of fused-ring (bicyclic) bond motifs is 2. The van der Waals surface area contributed by atoms with Crippen LogP contribution in [-0.4, -0.2) is 103 Å². The third-order valence-electron chi connectivity index (χ3n) is 4.60. The van der Waals surface area contributed by atoms with E-state index in [2.05, 4.69) is 72.8 Å². The molecule has 4 rings (SSSR count). The number of benzene rings is 2. The Balaban J connectivity index is 0.000000882. The van der Waals surface area contributed by atoms with E-state index in [1.54, 1.807) is 0 Å². The van der Waals surface area contributed by atoms with Crippen molar-refractivity contribution >= 4 is 115 Å². The molecule has 0 amide bonds. The topological polar surface area (TPSA) is 0 Å². The summed E-state index contributed by atoms with van der Waals surface area (Å²) in [5, 5.41) is 0. The van der Waals surface area contributed by atoms with Crippen LogP contribution in [0.25, 0.3) is 12.2 Å². The molecule has 2 atom stereocenters. The van der Waals surface area contributed by atoms with Crippen molar-refractivity contribution < 1.29 is 0 Å². The first kappa shape index (κ1) is 19.5. The van der Waals surface area contributed by atoms with Gasteiger partial charge in [0.25, 0.3) is 0 Å². The van der Waals surface area contributed by atoms with E-state index in [0.29, 0.717) is 11.8 Å². The van der Waals surface area contributed by atoms with Gasteiger partial charge in [0.1, 0.15) is 0 Å². The van der Waals surface area contributed by atoms with Crippen LogP contribution in [0, 0.1) is 0 Å². The van der Waals surface area contributed by atoms with Crippen LogP contribution in [-0.2, 0) is 0 Å². The number of hydrogen-bond acceptors (Lipinski definition) is 0. The molecule has 0 N–H and O–H groups in total. The van der Waals surface area contributed by atoms with E-state index >= 15 is 0 Å². The summed E-state index contributed by atoms with van der Waals surface area (Å²) in [5.41, 5.74) is 5.81. The Bertz CT molecular complexity index is 639. The molecule has 0 heterocycles. The quantitative estimate of drug-likeness (QED) is 0.740. The van der Waals surface area contributed by atoms with Gasteiger partial charge < -0.3 is 0 Å². The predicted molar refractivity (Wildman–Crippen MR) is 100.0 cm³/mol. The fraction of sp³-hybridized carbons (Fsp3) is 0.200. The van der Waals surface area contributed by atoms with Crippen molar-refractivity contribution in [3.8, 4) is 0 Å². The van der Waals surface area contributed by atoms with E-state index in [9.17, 15) is 0 Å². The molecule has 2 aliphatic rings. The first-order chi connectivity index (χ1) is 9.92. The Morgan fingerprint density at radius 3 is 1.45 bits per heavy atom. The summed E-state index contributed by atoms with van der Waals surface area (Å²) in [4.78, 5) is 0. The van der Waals surface area contributed by atoms with E-state index in [-0.39, 0.29) is 103 Å². The first-order valence-electron chi connectivity index (χ1n) is 7.46. The van der Waals surface area contributed by atoms with Gasteiger partial charge in [-0.2, -0.15) is 0 Å². The van der Waals surface area contributed by atoms with Crippen LogP contribution < -0.4 is 0 Å². The van der Waals surface area contributed by atoms with Gasteiger partial charge in [0.2, 0.25) is 0 Å². The van der Waals surface area contributed by atoms with Gasteiger partial charge in [0.15, 0.2) is 0 Å². The zero-order valence-electron chi connectivity index (χ0n) is 11.5. The minimum atomic E-state index is 0. The average molecular weight is 339 g/mol. The van der Waals surface area contributed by atoms with E-state index in [0.717, 1.165) is 0 Å². The molecule has 22 heavy (non-hydrogen) atoms. The summed E-state index contributed by atoms with van der Waals surface area (Å²) in [5.74, 6) is 1.21. The van der Waals surface area contributed by atoms with Gasteiger partial charge in [-0.25, -0.2) is 0 Å². The van der Waals surface area contributed by atoms with Crippen LogP contribution in [0.4, 0.5) is 0 Å². The molecule has 0 bridgehead atoms. The molecule has 0 spiro atoms. The standard InChI is InChI=1S/C20H18.2K.2H/c1-3-7-19-15(5-1)9-11-17(19)13-14-18-12-10-16-6-2-4-8-20(16)18;;;;/h1-12,17-18H,13-14H2;;;;. The summed E-state index contributed by atoms with van der Waals surface area (Å²) >= 11 is 0. The number of rotatable bonds is 3. The Labute approximate surface area is 218 Å². The molecule has 0 aliphatic heterocycles. The maximum absolute atomic E-state index is 2.37. The molecule has 2 unspecified atom stereocenters. The van der Waals surface area contributed by atoms with Crippen LogP contribution in [0.3, 0.4) is 0 Å². The minimum absolute atomic E-state index is 0. The molecule has 102 valence electrons. The van der Waals surface area contributed by atoms with Gasteiger partial charge in [-0.05, 0) is 35.1 Å². The van der Waals surface area contributed by atoms with Crippen LogP contribution in [0.5, 0.6) is 0 Å². The Hall–Kier alpha value is 1.19. The monoisotopic (exact) mass is 338 g/mol. The van der Waals surface area contributed by atoms with Crippen LogP contribution in [0.2, 0.25) is 0 Å². The van der Waals surface area contributed by atoms with E-state index in [4.69, 9.17) is 0 Å². The average Bonchev–Trinajstić information content (AvgIpc) is 3.09. The van der Waals surface area contributed by atoms with Gasteiger partial charge in [-0.15, -0.1) is 0 Å². The van der Waals surface area contributed by atoms with Gasteiger partial charge >= 0.3 is 103 Å². The SMILES string of the molecule is C1=CC(CCC2C=Cc3ccccc32)c2ccccc21.[KH].[KH]. The fourth-order valence-electron chi connectivity index (χ4n) is 3.51. The molecule has 0 aromatic heterocycles. The van der Waals surface area contributed by atoms with Crippen LogP contribution >= 0.6 is 0 Å². The van der Waals surface area contributed by atoms with Crippen molar-refractivity contribution in [1.29, 1.82) is 0 Å². The Kier molecular flexibility index (Phi) is 8.03. The van der Waals surface area contributed by atoms with Gasteiger partial charge in [0.05, 0.1) is 0 Å². The molecule has 0 saturated carbocycles. The van der Waals surface area contributed by atoms with Gasteiger partial charge in [0, 0.05) is 11.8 Å². The second-order valence-corrected chi connectivity index (χ2v) is 5.77. The van der Waals surface area contributed by atoms with Gasteiger partial charge in [-0.3, -0.25) is 0 Å². The molecule has 0 saturated heterocycles. The van der Waals surface area contributed by atoms with Crippen molar-refractivity contribution in [2.24, 2.45) is 0 Å². The molecule has 0 fully saturated rings. The molecular formula is C20H20K2. The molecule has 2 aromatic carbocycles. The molecule has 0 radical (unpaired) electrons. The second-order valence-electron chi connectivity index (χ2n) is 5.77. The second kappa shape index (κ2) is 9.05. The molecule has 0 nitrogen and oxygen atoms in total. The maximum atomic E-state index is 2.37. The number of allylic oxidation sites excluding steroid dienone is 2. The van der Waals surface area contributed by atoms with Crippen molar-refractivity contribution in [1.82, 2.24) is 0 Å². The van der Waals surface area contributed by atoms with Crippen molar-refractivity contribution in [2.45, 2.75) is 24.7 Å². The zero-order valence-corrected chi connectivity index (χ0v) is 11.5. The summed E-state index contributed by atoms with van der Waals surface area (Å²) in [6, 6.07) is 17.6. The van der Waals surface area contributed by atoms with Crippen molar-refractivity contribution in [2.75, 3.05) is 0 Å². The third kappa shape index (κ3) is 4.05. The van der Waals surface area contributed by atoms with E-state index < -0.39 is 0 Å². The Morgan fingerprint density at radius 2 is 1.00 bits per heavy atom. The van der Waals surface area contributed by atoms with E-state index in [1.165, 1.54) is 35.1 Å². The summed E-state index contributed by atoms with van der Waals surface area (Å²) in [6.07, 6.45) is 11.8. The fourth-order valence-corrected chi connectivity index (χ4v) is 3.51. The number of hydrogen-bond donors (Lipinski definition) is 0. The third-order valence-corrected chi connectivity index (χ3v) is 4.60. The summed E-state index contributed by atoms with van der Waals surface area (Å²) < 4.78 is 0. The molecule has 2 aromatic rings. The van der Waals surface area contributed by atoms with Gasteiger partial charge in [-0.1, -0.05) is 72.8 Å². The van der Waals surface area contributed by atoms with Crippen molar-refractivity contribution in [3.05, 3.63) is 82.9 Å². The zero-order chi connectivity index (χ0) is 13.4. The van der Waals surface area contributed by atoms with Crippen LogP contribution in [0.15, 0.2) is 60.7 Å². The normalized spacial score (nSPS) is 20.0. The molecular weight excluding hydrogens is 318 g/mol. The van der Waals surface area contributed by atoms with Crippen molar-refractivity contribution in [3.63, 3.8) is 0 Å². The summed E-state index contributed by atoms with van der Waals surface area (Å²) in [7, 11) is 0. The molecule has 2 aliphatic carbocycles. The Morgan fingerprint density at radius 1 is 0.591 bits per heavy atom. The predicted octanol–water partition coefficient (Wildman–Crippen LogP) is 4.09. The van der Waals surface area contributed by atoms with Crippen LogP contribution in [0.1, 0.15) is 46.9 Å².